The predicted molar refractivity (Wildman–Crippen MR) is 67.6 cm³/mol. The molecule has 0 aliphatic heterocycles. The summed E-state index contributed by atoms with van der Waals surface area (Å²) in [5.41, 5.74) is 0. The van der Waals surface area contributed by atoms with Gasteiger partial charge >= 0.3 is 5.97 Å². The van der Waals surface area contributed by atoms with E-state index in [2.05, 4.69) is 5.10 Å². The molecule has 1 heterocycles. The van der Waals surface area contributed by atoms with E-state index in [0.717, 1.165) is 21.4 Å². The summed E-state index contributed by atoms with van der Waals surface area (Å²) in [7, 11) is -2.39. The number of sulfonamides is 1. The highest BCUT2D eigenvalue weighted by Crippen LogP contribution is 2.14. The maximum absolute atomic E-state index is 12.3. The van der Waals surface area contributed by atoms with E-state index in [0.29, 0.717) is 0 Å². The van der Waals surface area contributed by atoms with Crippen LogP contribution in [0.2, 0.25) is 0 Å². The third-order valence-corrected chi connectivity index (χ3v) is 4.29. The van der Waals surface area contributed by atoms with Gasteiger partial charge in [0.05, 0.1) is 19.4 Å². The summed E-state index contributed by atoms with van der Waals surface area (Å²) in [4.78, 5) is 10.4. The topological polar surface area (TPSA) is 122 Å². The molecule has 0 atom stereocenters. The standard InChI is InChI=1S/C10H17N3O6S/c1-19-5-3-13(2-4-14)20(17,18)9-6-11-12(7-9)8-10(15)16/h6-7,14H,2-5,8H2,1H3,(H,15,16). The lowest BCUT2D eigenvalue weighted by atomic mass is 10.6. The molecule has 0 unspecified atom stereocenters. The van der Waals surface area contributed by atoms with Gasteiger partial charge in [-0.3, -0.25) is 9.48 Å². The summed E-state index contributed by atoms with van der Waals surface area (Å²) >= 11 is 0. The van der Waals surface area contributed by atoms with Crippen molar-refractivity contribution in [2.24, 2.45) is 0 Å². The Morgan fingerprint density at radius 3 is 2.75 bits per heavy atom. The Bertz CT molecular complexity index is 541. The van der Waals surface area contributed by atoms with Crippen LogP contribution in [-0.4, -0.2) is 72.1 Å². The van der Waals surface area contributed by atoms with E-state index in [1.54, 1.807) is 0 Å². The van der Waals surface area contributed by atoms with Crippen molar-refractivity contribution in [2.75, 3.05) is 33.4 Å². The van der Waals surface area contributed by atoms with Gasteiger partial charge in [0.1, 0.15) is 11.4 Å². The minimum atomic E-state index is -3.83. The summed E-state index contributed by atoms with van der Waals surface area (Å²) in [6.07, 6.45) is 2.22. The molecular formula is C10H17N3O6S. The highest BCUT2D eigenvalue weighted by molar-refractivity contribution is 7.89. The van der Waals surface area contributed by atoms with Gasteiger partial charge in [0, 0.05) is 26.4 Å². The normalized spacial score (nSPS) is 11.9. The van der Waals surface area contributed by atoms with Gasteiger partial charge < -0.3 is 14.9 Å². The Balaban J connectivity index is 2.94. The van der Waals surface area contributed by atoms with Gasteiger partial charge in [-0.25, -0.2) is 8.42 Å². The van der Waals surface area contributed by atoms with Crippen LogP contribution >= 0.6 is 0 Å². The molecule has 0 bridgehead atoms. The molecular weight excluding hydrogens is 290 g/mol. The van der Waals surface area contributed by atoms with Crippen LogP contribution in [0.1, 0.15) is 0 Å². The second kappa shape index (κ2) is 7.33. The Labute approximate surface area is 116 Å². The minimum absolute atomic E-state index is 0.0736. The number of aliphatic carboxylic acids is 1. The van der Waals surface area contributed by atoms with Crippen LogP contribution in [0.15, 0.2) is 17.3 Å². The van der Waals surface area contributed by atoms with Crippen LogP contribution in [0.3, 0.4) is 0 Å². The number of hydrogen-bond acceptors (Lipinski definition) is 6. The van der Waals surface area contributed by atoms with Crippen LogP contribution in [0.5, 0.6) is 0 Å². The highest BCUT2D eigenvalue weighted by Gasteiger charge is 2.25. The van der Waals surface area contributed by atoms with Gasteiger partial charge in [-0.15, -0.1) is 0 Å². The zero-order chi connectivity index (χ0) is 15.2. The molecule has 10 heteroatoms. The third kappa shape index (κ3) is 4.27. The number of hydrogen-bond donors (Lipinski definition) is 2. The van der Waals surface area contributed by atoms with E-state index < -0.39 is 22.5 Å². The van der Waals surface area contributed by atoms with Crippen LogP contribution in [0, 0.1) is 0 Å². The number of methoxy groups -OCH3 is 1. The summed E-state index contributed by atoms with van der Waals surface area (Å²) < 4.78 is 31.5. The quantitative estimate of drug-likeness (QED) is 0.575. The van der Waals surface area contributed by atoms with Gasteiger partial charge in [0.25, 0.3) is 0 Å². The first kappa shape index (κ1) is 16.6. The molecule has 0 fully saturated rings. The van der Waals surface area contributed by atoms with Crippen LogP contribution < -0.4 is 0 Å². The van der Waals surface area contributed by atoms with Crippen molar-refractivity contribution in [3.63, 3.8) is 0 Å². The number of carboxylic acids is 1. The maximum Gasteiger partial charge on any atom is 0.325 e. The van der Waals surface area contributed by atoms with Gasteiger partial charge in [0.15, 0.2) is 0 Å². The fourth-order valence-electron chi connectivity index (χ4n) is 1.51. The lowest BCUT2D eigenvalue weighted by molar-refractivity contribution is -0.137. The van der Waals surface area contributed by atoms with Gasteiger partial charge in [-0.2, -0.15) is 9.40 Å². The molecule has 0 radical (unpaired) electrons. The van der Waals surface area contributed by atoms with E-state index in [-0.39, 0.29) is 31.2 Å². The predicted octanol–water partition coefficient (Wildman–Crippen LogP) is -1.40. The van der Waals surface area contributed by atoms with Crippen molar-refractivity contribution in [3.05, 3.63) is 12.4 Å². The molecule has 1 rings (SSSR count). The van der Waals surface area contributed by atoms with Gasteiger partial charge in [-0.05, 0) is 0 Å². The van der Waals surface area contributed by atoms with Crippen molar-refractivity contribution in [1.82, 2.24) is 14.1 Å². The number of nitrogens with zero attached hydrogens (tertiary/aromatic N) is 3. The second-order valence-electron chi connectivity index (χ2n) is 3.89. The summed E-state index contributed by atoms with van der Waals surface area (Å²) in [5, 5.41) is 21.2. The Morgan fingerprint density at radius 1 is 1.50 bits per heavy atom. The molecule has 1 aromatic heterocycles. The van der Waals surface area contributed by atoms with Crippen molar-refractivity contribution in [2.45, 2.75) is 11.4 Å². The number of aliphatic hydroxyl groups excluding tert-OH is 1. The smallest absolute Gasteiger partial charge is 0.325 e. The molecule has 20 heavy (non-hydrogen) atoms. The molecule has 1 aromatic rings. The monoisotopic (exact) mass is 307 g/mol. The maximum atomic E-state index is 12.3. The first-order valence-corrected chi connectivity index (χ1v) is 7.20. The van der Waals surface area contributed by atoms with Crippen molar-refractivity contribution < 1.29 is 28.2 Å². The number of aliphatic hydroxyl groups is 1. The van der Waals surface area contributed by atoms with Crippen molar-refractivity contribution >= 4 is 16.0 Å². The molecule has 0 saturated heterocycles. The lowest BCUT2D eigenvalue weighted by Crippen LogP contribution is -2.36. The minimum Gasteiger partial charge on any atom is -0.480 e. The molecule has 0 aliphatic rings. The number of rotatable bonds is 9. The Morgan fingerprint density at radius 2 is 2.20 bits per heavy atom. The molecule has 0 aliphatic carbocycles. The fourth-order valence-corrected chi connectivity index (χ4v) is 2.88. The van der Waals surface area contributed by atoms with E-state index in [9.17, 15) is 13.2 Å². The van der Waals surface area contributed by atoms with E-state index in [1.807, 2.05) is 0 Å². The highest BCUT2D eigenvalue weighted by atomic mass is 32.2. The third-order valence-electron chi connectivity index (χ3n) is 2.44. The molecule has 0 spiro atoms. The molecule has 2 N–H and O–H groups in total. The SMILES string of the molecule is COCCN(CCO)S(=O)(=O)c1cnn(CC(=O)O)c1. The number of carbonyl (C=O) groups is 1. The first-order valence-electron chi connectivity index (χ1n) is 5.76. The van der Waals surface area contributed by atoms with Crippen molar-refractivity contribution in [3.8, 4) is 0 Å². The van der Waals surface area contributed by atoms with Crippen LogP contribution in [0.25, 0.3) is 0 Å². The number of ether oxygens (including phenoxy) is 1. The van der Waals surface area contributed by atoms with Gasteiger partial charge in [-0.1, -0.05) is 0 Å². The largest absolute Gasteiger partial charge is 0.480 e. The zero-order valence-corrected chi connectivity index (χ0v) is 11.8. The fraction of sp³-hybridized carbons (Fsp3) is 0.600. The molecule has 0 saturated carbocycles. The van der Waals surface area contributed by atoms with Crippen molar-refractivity contribution in [1.29, 1.82) is 0 Å². The summed E-state index contributed by atoms with van der Waals surface area (Å²) in [5.74, 6) is -1.12. The Kier molecular flexibility index (Phi) is 6.07. The van der Waals surface area contributed by atoms with Crippen LogP contribution in [0.4, 0.5) is 0 Å². The number of aromatic nitrogens is 2. The van der Waals surface area contributed by atoms with E-state index in [4.69, 9.17) is 14.9 Å². The average molecular weight is 307 g/mol. The Hall–Kier alpha value is -1.49. The number of carboxylic acid groups (broad SMARTS) is 1. The molecule has 114 valence electrons. The molecule has 0 aromatic carbocycles. The van der Waals surface area contributed by atoms with Gasteiger partial charge in [0.2, 0.25) is 10.0 Å². The zero-order valence-electron chi connectivity index (χ0n) is 11.0. The molecule has 0 amide bonds. The van der Waals surface area contributed by atoms with E-state index >= 15 is 0 Å². The lowest BCUT2D eigenvalue weighted by Gasteiger charge is -2.19. The summed E-state index contributed by atoms with van der Waals surface area (Å²) in [6.45, 7) is -0.554. The second-order valence-corrected chi connectivity index (χ2v) is 5.83. The first-order chi connectivity index (χ1) is 9.41. The summed E-state index contributed by atoms with van der Waals surface area (Å²) in [6, 6.07) is 0. The van der Waals surface area contributed by atoms with Crippen LogP contribution in [-0.2, 0) is 26.1 Å². The van der Waals surface area contributed by atoms with E-state index in [1.165, 1.54) is 7.11 Å². The average Bonchev–Trinajstić information content (AvgIpc) is 2.82. The molecule has 9 nitrogen and oxygen atoms in total.